The summed E-state index contributed by atoms with van der Waals surface area (Å²) in [6, 6.07) is 7.26. The number of aryl methyl sites for hydroxylation is 1. The molecule has 24 heavy (non-hydrogen) atoms. The van der Waals surface area contributed by atoms with Crippen LogP contribution in [0.1, 0.15) is 25.6 Å². The first-order valence-electron chi connectivity index (χ1n) is 8.13. The van der Waals surface area contributed by atoms with Crippen LogP contribution in [0.15, 0.2) is 24.3 Å². The number of aromatic nitrogens is 4. The van der Waals surface area contributed by atoms with Crippen molar-refractivity contribution in [3.63, 3.8) is 0 Å². The normalized spacial score (nSPS) is 17.9. The molecule has 7 nitrogen and oxygen atoms in total. The van der Waals surface area contributed by atoms with E-state index in [0.717, 1.165) is 30.9 Å². The van der Waals surface area contributed by atoms with Crippen molar-refractivity contribution in [3.05, 3.63) is 35.1 Å². The van der Waals surface area contributed by atoms with Crippen molar-refractivity contribution in [2.24, 2.45) is 0 Å². The molecule has 2 heterocycles. The summed E-state index contributed by atoms with van der Waals surface area (Å²) in [5.74, 6) is 0.850. The number of benzene rings is 1. The maximum absolute atomic E-state index is 12.8. The second kappa shape index (κ2) is 7.27. The highest BCUT2D eigenvalue weighted by Crippen LogP contribution is 2.30. The number of tetrazole rings is 1. The topological polar surface area (TPSA) is 67.2 Å². The number of nitrogens with zero attached hydrogens (tertiary/aromatic N) is 6. The van der Waals surface area contributed by atoms with Crippen molar-refractivity contribution in [2.75, 3.05) is 18.5 Å². The van der Waals surface area contributed by atoms with Crippen molar-refractivity contribution in [3.8, 4) is 0 Å². The van der Waals surface area contributed by atoms with E-state index in [1.807, 2.05) is 30.1 Å². The van der Waals surface area contributed by atoms with Gasteiger partial charge in [0.1, 0.15) is 0 Å². The molecule has 1 amide bonds. The van der Waals surface area contributed by atoms with Gasteiger partial charge in [0.25, 0.3) is 0 Å². The molecule has 0 N–H and O–H groups in total. The van der Waals surface area contributed by atoms with Crippen LogP contribution in [0.25, 0.3) is 0 Å². The molecule has 1 unspecified atom stereocenters. The van der Waals surface area contributed by atoms with Crippen LogP contribution in [0.5, 0.6) is 0 Å². The Morgan fingerprint density at radius 1 is 1.38 bits per heavy atom. The maximum atomic E-state index is 12.8. The molecule has 1 aliphatic rings. The molecule has 1 saturated heterocycles. The molecule has 1 aromatic heterocycles. The summed E-state index contributed by atoms with van der Waals surface area (Å²) in [5, 5.41) is 12.4. The lowest BCUT2D eigenvalue weighted by Crippen LogP contribution is -2.40. The molecule has 0 spiro atoms. The molecule has 0 bridgehead atoms. The van der Waals surface area contributed by atoms with Crippen LogP contribution in [0, 0.1) is 0 Å². The van der Waals surface area contributed by atoms with Gasteiger partial charge in [-0.1, -0.05) is 30.7 Å². The number of likely N-dealkylation sites (N-methyl/N-ethyl adjacent to an activating group) is 1. The van der Waals surface area contributed by atoms with Gasteiger partial charge in [-0.05, 0) is 42.4 Å². The predicted molar refractivity (Wildman–Crippen MR) is 91.8 cm³/mol. The van der Waals surface area contributed by atoms with Gasteiger partial charge in [-0.15, -0.1) is 5.10 Å². The number of para-hydroxylation sites is 1. The monoisotopic (exact) mass is 348 g/mol. The van der Waals surface area contributed by atoms with Crippen LogP contribution >= 0.6 is 11.6 Å². The third-order valence-electron chi connectivity index (χ3n) is 4.28. The fourth-order valence-electron chi connectivity index (χ4n) is 3.04. The lowest BCUT2D eigenvalue weighted by molar-refractivity contribution is -0.121. The van der Waals surface area contributed by atoms with E-state index in [4.69, 9.17) is 11.6 Å². The van der Waals surface area contributed by atoms with E-state index in [1.165, 1.54) is 0 Å². The fraction of sp³-hybridized carbons (Fsp3) is 0.500. The van der Waals surface area contributed by atoms with Gasteiger partial charge in [0.05, 0.1) is 23.3 Å². The molecular formula is C16H21ClN6O. The maximum Gasteiger partial charge on any atom is 0.244 e. The minimum absolute atomic E-state index is 0.0696. The van der Waals surface area contributed by atoms with Gasteiger partial charge in [0.15, 0.2) is 5.82 Å². The van der Waals surface area contributed by atoms with E-state index in [0.29, 0.717) is 18.1 Å². The number of carbonyl (C=O) groups is 1. The Morgan fingerprint density at radius 2 is 2.17 bits per heavy atom. The van der Waals surface area contributed by atoms with Crippen LogP contribution < -0.4 is 4.90 Å². The molecular weight excluding hydrogens is 328 g/mol. The first kappa shape index (κ1) is 16.9. The molecule has 1 aromatic carbocycles. The zero-order valence-corrected chi connectivity index (χ0v) is 14.6. The summed E-state index contributed by atoms with van der Waals surface area (Å²) in [5.41, 5.74) is 0.774. The van der Waals surface area contributed by atoms with Crippen LogP contribution in [0.4, 0.5) is 5.69 Å². The highest BCUT2D eigenvalue weighted by molar-refractivity contribution is 6.33. The molecule has 0 saturated carbocycles. The molecule has 2 aromatic rings. The van der Waals surface area contributed by atoms with Crippen molar-refractivity contribution in [2.45, 2.75) is 38.9 Å². The highest BCUT2D eigenvalue weighted by atomic mass is 35.5. The molecule has 1 atom stereocenters. The van der Waals surface area contributed by atoms with Gasteiger partial charge in [0.2, 0.25) is 5.91 Å². The summed E-state index contributed by atoms with van der Waals surface area (Å²) >= 11 is 6.23. The molecule has 128 valence electrons. The minimum atomic E-state index is -0.187. The van der Waals surface area contributed by atoms with Gasteiger partial charge in [-0.25, -0.2) is 4.68 Å². The predicted octanol–water partition coefficient (Wildman–Crippen LogP) is 1.97. The smallest absolute Gasteiger partial charge is 0.244 e. The zero-order chi connectivity index (χ0) is 17.1. The summed E-state index contributed by atoms with van der Waals surface area (Å²) < 4.78 is 1.79. The zero-order valence-electron chi connectivity index (χ0n) is 13.9. The standard InChI is InChI=1S/C16H21ClN6O/c1-3-9-23-15(18-19-20-23)11-21(2)14-8-10-22(16(14)24)13-7-5-4-6-12(13)17/h4-7,14H,3,8-11H2,1-2H3. The van der Waals surface area contributed by atoms with Gasteiger partial charge in [-0.3, -0.25) is 9.69 Å². The van der Waals surface area contributed by atoms with Crippen molar-refractivity contribution in [1.82, 2.24) is 25.1 Å². The van der Waals surface area contributed by atoms with Crippen molar-refractivity contribution >= 4 is 23.2 Å². The van der Waals surface area contributed by atoms with E-state index in [9.17, 15) is 4.79 Å². The number of amides is 1. The number of rotatable bonds is 6. The van der Waals surface area contributed by atoms with Gasteiger partial charge < -0.3 is 4.90 Å². The van der Waals surface area contributed by atoms with E-state index in [1.54, 1.807) is 15.6 Å². The lowest BCUT2D eigenvalue weighted by atomic mass is 10.2. The first-order valence-corrected chi connectivity index (χ1v) is 8.50. The number of hydrogen-bond acceptors (Lipinski definition) is 5. The van der Waals surface area contributed by atoms with Crippen LogP contribution in [0.2, 0.25) is 5.02 Å². The molecule has 8 heteroatoms. The summed E-state index contributed by atoms with van der Waals surface area (Å²) in [7, 11) is 1.93. The Morgan fingerprint density at radius 3 is 2.92 bits per heavy atom. The molecule has 0 radical (unpaired) electrons. The molecule has 0 aliphatic carbocycles. The average Bonchev–Trinajstić information content (AvgIpc) is 3.15. The second-order valence-corrected chi connectivity index (χ2v) is 6.39. The van der Waals surface area contributed by atoms with Gasteiger partial charge >= 0.3 is 0 Å². The van der Waals surface area contributed by atoms with E-state index in [-0.39, 0.29) is 11.9 Å². The van der Waals surface area contributed by atoms with Crippen LogP contribution in [-0.2, 0) is 17.9 Å². The second-order valence-electron chi connectivity index (χ2n) is 5.98. The molecule has 1 fully saturated rings. The van der Waals surface area contributed by atoms with Crippen molar-refractivity contribution in [1.29, 1.82) is 0 Å². The first-order chi connectivity index (χ1) is 11.6. The summed E-state index contributed by atoms with van der Waals surface area (Å²) in [6.45, 7) is 4.06. The third-order valence-corrected chi connectivity index (χ3v) is 4.60. The Hall–Kier alpha value is -1.99. The quantitative estimate of drug-likeness (QED) is 0.798. The number of hydrogen-bond donors (Lipinski definition) is 0. The number of halogens is 1. The summed E-state index contributed by atoms with van der Waals surface area (Å²) in [6.07, 6.45) is 1.72. The van der Waals surface area contributed by atoms with Crippen LogP contribution in [0.3, 0.4) is 0 Å². The van der Waals surface area contributed by atoms with Gasteiger partial charge in [-0.2, -0.15) is 0 Å². The lowest BCUT2D eigenvalue weighted by Gasteiger charge is -2.23. The van der Waals surface area contributed by atoms with Gasteiger partial charge in [0, 0.05) is 13.1 Å². The Balaban J connectivity index is 1.71. The Kier molecular flexibility index (Phi) is 5.11. The Labute approximate surface area is 146 Å². The third kappa shape index (κ3) is 3.27. The average molecular weight is 349 g/mol. The van der Waals surface area contributed by atoms with E-state index in [2.05, 4.69) is 22.4 Å². The molecule has 1 aliphatic heterocycles. The fourth-order valence-corrected chi connectivity index (χ4v) is 3.28. The molecule has 3 rings (SSSR count). The van der Waals surface area contributed by atoms with E-state index < -0.39 is 0 Å². The largest absolute Gasteiger partial charge is 0.310 e. The minimum Gasteiger partial charge on any atom is -0.310 e. The number of carbonyl (C=O) groups excluding carboxylic acids is 1. The number of anilines is 1. The Bertz CT molecular complexity index is 718. The highest BCUT2D eigenvalue weighted by Gasteiger charge is 2.36. The van der Waals surface area contributed by atoms with E-state index >= 15 is 0 Å². The SMILES string of the molecule is CCCn1nnnc1CN(C)C1CCN(c2ccccc2Cl)C1=O. The van der Waals surface area contributed by atoms with Crippen molar-refractivity contribution < 1.29 is 4.79 Å². The van der Waals surface area contributed by atoms with Crippen LogP contribution in [-0.4, -0.2) is 50.6 Å². The summed E-state index contributed by atoms with van der Waals surface area (Å²) in [4.78, 5) is 16.6.